The highest BCUT2D eigenvalue weighted by Gasteiger charge is 2.11. The molecule has 2 rings (SSSR count). The van der Waals surface area contributed by atoms with Crippen LogP contribution in [-0.2, 0) is 14.2 Å². The number of hydrogen-bond acceptors (Lipinski definition) is 9. The summed E-state index contributed by atoms with van der Waals surface area (Å²) in [4.78, 5) is 10.3. The minimum absolute atomic E-state index is 0.153. The van der Waals surface area contributed by atoms with Crippen LogP contribution >= 0.6 is 0 Å². The van der Waals surface area contributed by atoms with E-state index in [4.69, 9.17) is 23.4 Å². The highest BCUT2D eigenvalue weighted by atomic mass is 16.6. The molecule has 0 spiro atoms. The summed E-state index contributed by atoms with van der Waals surface area (Å²) in [5, 5.41) is 26.2. The van der Waals surface area contributed by atoms with E-state index in [2.05, 4.69) is 5.10 Å². The van der Waals surface area contributed by atoms with Crippen molar-refractivity contribution in [3.05, 3.63) is 51.0 Å². The number of nitro groups is 1. The number of furan rings is 1. The van der Waals surface area contributed by atoms with Crippen molar-refractivity contribution in [3.63, 3.8) is 0 Å². The van der Waals surface area contributed by atoms with Gasteiger partial charge in [0.15, 0.2) is 0 Å². The highest BCUT2D eigenvalue weighted by molar-refractivity contribution is 5.64. The van der Waals surface area contributed by atoms with E-state index in [-0.39, 0.29) is 29.8 Å². The van der Waals surface area contributed by atoms with Gasteiger partial charge in [-0.15, -0.1) is 0 Å². The van der Waals surface area contributed by atoms with Gasteiger partial charge in [-0.3, -0.25) is 10.1 Å². The topological polar surface area (TPSA) is 133 Å². The summed E-state index contributed by atoms with van der Waals surface area (Å²) >= 11 is 0. The first-order chi connectivity index (χ1) is 13.6. The smallest absolute Gasteiger partial charge is 0.433 e. The van der Waals surface area contributed by atoms with Crippen molar-refractivity contribution < 1.29 is 33.1 Å². The molecule has 0 aliphatic rings. The Labute approximate surface area is 160 Å². The molecule has 0 saturated carbocycles. The third-order valence-electron chi connectivity index (χ3n) is 3.30. The minimum Gasteiger partial charge on any atom is -0.594 e. The molecular formula is C17H21N3O8. The summed E-state index contributed by atoms with van der Waals surface area (Å²) in [7, 11) is 1.60. The van der Waals surface area contributed by atoms with E-state index < -0.39 is 4.92 Å². The summed E-state index contributed by atoms with van der Waals surface area (Å²) in [5.41, 5.74) is 0.218. The van der Waals surface area contributed by atoms with Gasteiger partial charge in [0, 0.05) is 25.3 Å². The molecule has 28 heavy (non-hydrogen) atoms. The molecule has 2 heterocycles. The second-order valence-electron chi connectivity index (χ2n) is 5.30. The van der Waals surface area contributed by atoms with Gasteiger partial charge < -0.3 is 28.6 Å². The highest BCUT2D eigenvalue weighted by Crippen LogP contribution is 2.17. The number of nitrogens with zero attached hydrogens (tertiary/aromatic N) is 3. The number of ether oxygens (including phenoxy) is 4. The van der Waals surface area contributed by atoms with E-state index in [0.29, 0.717) is 37.9 Å². The van der Waals surface area contributed by atoms with Crippen molar-refractivity contribution in [1.29, 1.82) is 0 Å². The Morgan fingerprint density at radius 2 is 1.79 bits per heavy atom. The predicted octanol–water partition coefficient (Wildman–Crippen LogP) is 1.44. The fraction of sp³-hybridized carbons (Fsp3) is 0.412. The minimum atomic E-state index is -0.642. The van der Waals surface area contributed by atoms with Crippen molar-refractivity contribution in [1.82, 2.24) is 5.10 Å². The Balaban J connectivity index is 1.72. The van der Waals surface area contributed by atoms with Crippen LogP contribution in [0, 0.1) is 15.3 Å². The zero-order valence-electron chi connectivity index (χ0n) is 15.3. The van der Waals surface area contributed by atoms with E-state index >= 15 is 0 Å². The van der Waals surface area contributed by atoms with E-state index in [0.717, 1.165) is 0 Å². The molecule has 0 aliphatic heterocycles. The van der Waals surface area contributed by atoms with Gasteiger partial charge in [0.25, 0.3) is 5.88 Å². The molecule has 152 valence electrons. The SMILES string of the molecule is COCCOCCOCCOc1ccc(C=Cc2ccc([N+](=O)[O-])o2)[n+]([O-])n1. The van der Waals surface area contributed by atoms with Crippen LogP contribution in [0.25, 0.3) is 12.2 Å². The molecule has 0 bridgehead atoms. The van der Waals surface area contributed by atoms with Gasteiger partial charge in [0.05, 0.1) is 44.2 Å². The van der Waals surface area contributed by atoms with Gasteiger partial charge in [0.1, 0.15) is 17.3 Å². The summed E-state index contributed by atoms with van der Waals surface area (Å²) in [5.74, 6) is 0.0244. The first-order valence-electron chi connectivity index (χ1n) is 8.40. The Morgan fingerprint density at radius 3 is 2.43 bits per heavy atom. The van der Waals surface area contributed by atoms with E-state index in [1.165, 1.54) is 36.4 Å². The average molecular weight is 395 g/mol. The number of rotatable bonds is 13. The summed E-state index contributed by atoms with van der Waals surface area (Å²) < 4.78 is 25.7. The quantitative estimate of drug-likeness (QED) is 0.162. The molecule has 0 amide bonds. The van der Waals surface area contributed by atoms with Crippen molar-refractivity contribution in [2.75, 3.05) is 46.8 Å². The van der Waals surface area contributed by atoms with E-state index in [1.54, 1.807) is 7.11 Å². The second-order valence-corrected chi connectivity index (χ2v) is 5.30. The Bertz CT molecular complexity index is 778. The molecule has 11 heteroatoms. The fourth-order valence-electron chi connectivity index (χ4n) is 1.96. The van der Waals surface area contributed by atoms with E-state index in [9.17, 15) is 15.3 Å². The Morgan fingerprint density at radius 1 is 1.07 bits per heavy atom. The number of methoxy groups -OCH3 is 1. The predicted molar refractivity (Wildman–Crippen MR) is 96.5 cm³/mol. The first kappa shape index (κ1) is 21.3. The molecule has 0 radical (unpaired) electrons. The maximum absolute atomic E-state index is 11.9. The lowest BCUT2D eigenvalue weighted by atomic mass is 10.3. The molecule has 0 atom stereocenters. The largest absolute Gasteiger partial charge is 0.594 e. The Hall–Kier alpha value is -3.02. The number of aromatic nitrogens is 2. The van der Waals surface area contributed by atoms with Crippen LogP contribution in [0.15, 0.2) is 28.7 Å². The zero-order valence-corrected chi connectivity index (χ0v) is 15.3. The lowest BCUT2D eigenvalue weighted by Crippen LogP contribution is -2.34. The second kappa shape index (κ2) is 11.6. The first-order valence-corrected chi connectivity index (χ1v) is 8.40. The molecule has 11 nitrogen and oxygen atoms in total. The van der Waals surface area contributed by atoms with Gasteiger partial charge in [0.2, 0.25) is 5.69 Å². The van der Waals surface area contributed by atoms with Gasteiger partial charge >= 0.3 is 5.88 Å². The zero-order chi connectivity index (χ0) is 20.2. The van der Waals surface area contributed by atoms with Crippen molar-refractivity contribution in [2.45, 2.75) is 0 Å². The molecule has 0 saturated heterocycles. The standard InChI is InChI=1S/C17H21N3O8/c1-24-8-9-25-10-11-26-12-13-27-16-6-3-14(19(21)18-16)2-4-15-5-7-17(28-15)20(22)23/h2-7H,8-13H2,1H3. The van der Waals surface area contributed by atoms with Crippen LogP contribution in [0.1, 0.15) is 11.5 Å². The summed E-state index contributed by atoms with van der Waals surface area (Å²) in [6.45, 7) is 2.50. The normalized spacial score (nSPS) is 11.2. The molecule has 0 aromatic carbocycles. The molecular weight excluding hydrogens is 374 g/mol. The maximum atomic E-state index is 11.9. The average Bonchev–Trinajstić information content (AvgIpc) is 3.15. The summed E-state index contributed by atoms with van der Waals surface area (Å²) in [6, 6.07) is 5.70. The van der Waals surface area contributed by atoms with Gasteiger partial charge in [-0.2, -0.15) is 0 Å². The molecule has 0 fully saturated rings. The maximum Gasteiger partial charge on any atom is 0.433 e. The molecule has 2 aromatic rings. The monoisotopic (exact) mass is 395 g/mol. The van der Waals surface area contributed by atoms with Gasteiger partial charge in [-0.05, 0) is 17.0 Å². The van der Waals surface area contributed by atoms with Crippen molar-refractivity contribution in [3.8, 4) is 5.88 Å². The van der Waals surface area contributed by atoms with Crippen LogP contribution in [0.2, 0.25) is 0 Å². The fourth-order valence-corrected chi connectivity index (χ4v) is 1.96. The summed E-state index contributed by atoms with van der Waals surface area (Å²) in [6.07, 6.45) is 2.86. The third-order valence-corrected chi connectivity index (χ3v) is 3.30. The van der Waals surface area contributed by atoms with E-state index in [1.807, 2.05) is 0 Å². The van der Waals surface area contributed by atoms with Crippen LogP contribution in [0.5, 0.6) is 5.88 Å². The molecule has 0 aliphatic carbocycles. The van der Waals surface area contributed by atoms with Gasteiger partial charge in [-0.25, -0.2) is 0 Å². The molecule has 2 aromatic heterocycles. The molecule has 0 N–H and O–H groups in total. The molecule has 0 unspecified atom stereocenters. The van der Waals surface area contributed by atoms with Crippen LogP contribution in [0.4, 0.5) is 5.88 Å². The number of hydrogen-bond donors (Lipinski definition) is 0. The van der Waals surface area contributed by atoms with Crippen LogP contribution < -0.4 is 9.58 Å². The van der Waals surface area contributed by atoms with Gasteiger partial charge in [-0.1, -0.05) is 0 Å². The van der Waals surface area contributed by atoms with Crippen molar-refractivity contribution in [2.24, 2.45) is 0 Å². The van der Waals surface area contributed by atoms with Crippen molar-refractivity contribution >= 4 is 18.0 Å². The van der Waals surface area contributed by atoms with Crippen LogP contribution in [-0.4, -0.2) is 56.8 Å². The Kier molecular flexibility index (Phi) is 8.85. The van der Waals surface area contributed by atoms with Crippen LogP contribution in [0.3, 0.4) is 0 Å². The lowest BCUT2D eigenvalue weighted by Gasteiger charge is -2.07. The third kappa shape index (κ3) is 7.31. The lowest BCUT2D eigenvalue weighted by molar-refractivity contribution is -0.671.